The second kappa shape index (κ2) is 8.81. The van der Waals surface area contributed by atoms with Crippen molar-refractivity contribution < 1.29 is 4.74 Å². The molecule has 0 N–H and O–H groups in total. The van der Waals surface area contributed by atoms with Crippen molar-refractivity contribution in [3.63, 3.8) is 0 Å². The predicted molar refractivity (Wildman–Crippen MR) is 70.7 cm³/mol. The Morgan fingerprint density at radius 2 is 1.94 bits per heavy atom. The van der Waals surface area contributed by atoms with Crippen LogP contribution < -0.4 is 0 Å². The standard InChI is InChI=1S/C15H28O/c1-3-5-6-7-8-9-10-11-14-12-15(4-2)16-13-14/h3,14-15H,1,4-13H2,2H3. The van der Waals surface area contributed by atoms with Crippen molar-refractivity contribution in [1.82, 2.24) is 0 Å². The lowest BCUT2D eigenvalue weighted by Crippen LogP contribution is -2.01. The third-order valence-corrected chi connectivity index (χ3v) is 3.64. The topological polar surface area (TPSA) is 9.23 Å². The van der Waals surface area contributed by atoms with Crippen LogP contribution in [0, 0.1) is 5.92 Å². The van der Waals surface area contributed by atoms with Gasteiger partial charge in [-0.2, -0.15) is 0 Å². The van der Waals surface area contributed by atoms with E-state index in [1.54, 1.807) is 0 Å². The fraction of sp³-hybridized carbons (Fsp3) is 0.867. The molecule has 0 spiro atoms. The van der Waals surface area contributed by atoms with E-state index in [1.807, 2.05) is 6.08 Å². The molecule has 0 aromatic heterocycles. The van der Waals surface area contributed by atoms with E-state index in [9.17, 15) is 0 Å². The summed E-state index contributed by atoms with van der Waals surface area (Å²) in [5.74, 6) is 0.859. The molecule has 1 aliphatic rings. The summed E-state index contributed by atoms with van der Waals surface area (Å²) in [7, 11) is 0. The Balaban J connectivity index is 1.86. The van der Waals surface area contributed by atoms with Gasteiger partial charge in [0.25, 0.3) is 0 Å². The summed E-state index contributed by atoms with van der Waals surface area (Å²) < 4.78 is 5.71. The molecule has 0 radical (unpaired) electrons. The Morgan fingerprint density at radius 1 is 1.19 bits per heavy atom. The first-order chi connectivity index (χ1) is 7.86. The Morgan fingerprint density at radius 3 is 2.62 bits per heavy atom. The van der Waals surface area contributed by atoms with Crippen LogP contribution in [-0.2, 0) is 4.74 Å². The predicted octanol–water partition coefficient (Wildman–Crippen LogP) is 4.72. The minimum atomic E-state index is 0.567. The quantitative estimate of drug-likeness (QED) is 0.407. The number of hydrogen-bond acceptors (Lipinski definition) is 1. The highest BCUT2D eigenvalue weighted by atomic mass is 16.5. The van der Waals surface area contributed by atoms with Crippen LogP contribution in [-0.4, -0.2) is 12.7 Å². The van der Waals surface area contributed by atoms with E-state index >= 15 is 0 Å². The molecule has 1 heteroatoms. The summed E-state index contributed by atoms with van der Waals surface area (Å²) in [6.07, 6.45) is 14.6. The lowest BCUT2D eigenvalue weighted by atomic mass is 9.97. The summed E-state index contributed by atoms with van der Waals surface area (Å²) in [5.41, 5.74) is 0. The smallest absolute Gasteiger partial charge is 0.0576 e. The molecule has 16 heavy (non-hydrogen) atoms. The molecule has 1 aliphatic heterocycles. The van der Waals surface area contributed by atoms with E-state index in [4.69, 9.17) is 4.74 Å². The highest BCUT2D eigenvalue weighted by molar-refractivity contribution is 4.72. The van der Waals surface area contributed by atoms with Gasteiger partial charge in [-0.15, -0.1) is 6.58 Å². The zero-order valence-electron chi connectivity index (χ0n) is 10.9. The van der Waals surface area contributed by atoms with Gasteiger partial charge >= 0.3 is 0 Å². The normalized spacial score (nSPS) is 24.8. The molecule has 0 aromatic carbocycles. The number of hydrogen-bond donors (Lipinski definition) is 0. The Hall–Kier alpha value is -0.300. The average Bonchev–Trinajstić information content (AvgIpc) is 2.76. The van der Waals surface area contributed by atoms with Crippen molar-refractivity contribution in [2.75, 3.05) is 6.61 Å². The van der Waals surface area contributed by atoms with Crippen molar-refractivity contribution in [3.05, 3.63) is 12.7 Å². The van der Waals surface area contributed by atoms with Crippen LogP contribution in [0.2, 0.25) is 0 Å². The molecule has 1 fully saturated rings. The van der Waals surface area contributed by atoms with Crippen molar-refractivity contribution in [1.29, 1.82) is 0 Å². The van der Waals surface area contributed by atoms with Gasteiger partial charge in [0.2, 0.25) is 0 Å². The van der Waals surface area contributed by atoms with Crippen molar-refractivity contribution >= 4 is 0 Å². The molecule has 1 heterocycles. The molecule has 1 nitrogen and oxygen atoms in total. The van der Waals surface area contributed by atoms with Gasteiger partial charge < -0.3 is 4.74 Å². The average molecular weight is 224 g/mol. The molecular formula is C15H28O. The minimum Gasteiger partial charge on any atom is -0.378 e. The lowest BCUT2D eigenvalue weighted by molar-refractivity contribution is 0.103. The molecule has 1 rings (SSSR count). The molecule has 2 unspecified atom stereocenters. The first kappa shape index (κ1) is 13.8. The van der Waals surface area contributed by atoms with Crippen LogP contribution >= 0.6 is 0 Å². The Labute approximate surface area is 101 Å². The molecule has 0 amide bonds. The number of rotatable bonds is 9. The molecule has 0 aromatic rings. The van der Waals surface area contributed by atoms with Crippen LogP contribution in [0.25, 0.3) is 0 Å². The molecular weight excluding hydrogens is 196 g/mol. The maximum Gasteiger partial charge on any atom is 0.0576 e. The van der Waals surface area contributed by atoms with Crippen LogP contribution in [0.3, 0.4) is 0 Å². The highest BCUT2D eigenvalue weighted by Crippen LogP contribution is 2.26. The van der Waals surface area contributed by atoms with Crippen LogP contribution in [0.1, 0.15) is 64.7 Å². The molecule has 0 bridgehead atoms. The van der Waals surface area contributed by atoms with Gasteiger partial charge in [-0.1, -0.05) is 38.7 Å². The minimum absolute atomic E-state index is 0.567. The van der Waals surface area contributed by atoms with Crippen molar-refractivity contribution in [2.45, 2.75) is 70.8 Å². The first-order valence-electron chi connectivity index (χ1n) is 7.09. The van der Waals surface area contributed by atoms with Crippen molar-refractivity contribution in [2.24, 2.45) is 5.92 Å². The fourth-order valence-corrected chi connectivity index (χ4v) is 2.52. The maximum absolute atomic E-state index is 5.71. The highest BCUT2D eigenvalue weighted by Gasteiger charge is 2.23. The molecule has 94 valence electrons. The van der Waals surface area contributed by atoms with E-state index in [1.165, 1.54) is 57.8 Å². The number of allylic oxidation sites excluding steroid dienone is 1. The summed E-state index contributed by atoms with van der Waals surface area (Å²) in [4.78, 5) is 0. The largest absolute Gasteiger partial charge is 0.378 e. The van der Waals surface area contributed by atoms with Gasteiger partial charge in [-0.05, 0) is 38.0 Å². The van der Waals surface area contributed by atoms with E-state index in [-0.39, 0.29) is 0 Å². The zero-order valence-corrected chi connectivity index (χ0v) is 10.9. The van der Waals surface area contributed by atoms with Crippen LogP contribution in [0.5, 0.6) is 0 Å². The molecule has 1 saturated heterocycles. The third kappa shape index (κ3) is 5.69. The van der Waals surface area contributed by atoms with Crippen LogP contribution in [0.15, 0.2) is 12.7 Å². The number of unbranched alkanes of at least 4 members (excludes halogenated alkanes) is 5. The second-order valence-corrected chi connectivity index (χ2v) is 5.10. The lowest BCUT2D eigenvalue weighted by Gasteiger charge is -2.07. The monoisotopic (exact) mass is 224 g/mol. The summed E-state index contributed by atoms with van der Waals surface area (Å²) in [6.45, 7) is 7.00. The summed E-state index contributed by atoms with van der Waals surface area (Å²) in [6, 6.07) is 0. The molecule has 0 saturated carbocycles. The maximum atomic E-state index is 5.71. The zero-order chi connectivity index (χ0) is 11.6. The van der Waals surface area contributed by atoms with E-state index in [2.05, 4.69) is 13.5 Å². The Bertz CT molecular complexity index is 176. The van der Waals surface area contributed by atoms with E-state index in [0.717, 1.165) is 12.5 Å². The van der Waals surface area contributed by atoms with Gasteiger partial charge in [0.05, 0.1) is 6.10 Å². The van der Waals surface area contributed by atoms with Gasteiger partial charge in [0.15, 0.2) is 0 Å². The first-order valence-corrected chi connectivity index (χ1v) is 7.09. The van der Waals surface area contributed by atoms with Gasteiger partial charge in [-0.3, -0.25) is 0 Å². The van der Waals surface area contributed by atoms with Crippen molar-refractivity contribution in [3.8, 4) is 0 Å². The SMILES string of the molecule is C=CCCCCCCCC1COC(CC)C1. The second-order valence-electron chi connectivity index (χ2n) is 5.10. The number of ether oxygens (including phenoxy) is 1. The van der Waals surface area contributed by atoms with Gasteiger partial charge in [0, 0.05) is 6.61 Å². The van der Waals surface area contributed by atoms with E-state index in [0.29, 0.717) is 6.10 Å². The Kier molecular flexibility index (Phi) is 7.58. The summed E-state index contributed by atoms with van der Waals surface area (Å²) in [5, 5.41) is 0. The fourth-order valence-electron chi connectivity index (χ4n) is 2.52. The van der Waals surface area contributed by atoms with E-state index < -0.39 is 0 Å². The van der Waals surface area contributed by atoms with Gasteiger partial charge in [0.1, 0.15) is 0 Å². The third-order valence-electron chi connectivity index (χ3n) is 3.64. The van der Waals surface area contributed by atoms with Crippen LogP contribution in [0.4, 0.5) is 0 Å². The molecule has 2 atom stereocenters. The van der Waals surface area contributed by atoms with Gasteiger partial charge in [-0.25, -0.2) is 0 Å². The molecule has 0 aliphatic carbocycles. The summed E-state index contributed by atoms with van der Waals surface area (Å²) >= 11 is 0.